The van der Waals surface area contributed by atoms with Gasteiger partial charge in [0, 0.05) is 110 Å². The van der Waals surface area contributed by atoms with Gasteiger partial charge in [-0.3, -0.25) is 19.8 Å². The Bertz CT molecular complexity index is 2760. The van der Waals surface area contributed by atoms with Crippen molar-refractivity contribution < 1.29 is 22.9 Å². The summed E-state index contributed by atoms with van der Waals surface area (Å²) >= 11 is 7.70. The third-order valence-electron chi connectivity index (χ3n) is 13.7. The number of hydrogen-bond acceptors (Lipinski definition) is 12. The molecule has 5 aromatic rings. The number of allylic oxidation sites excluding steroid dienone is 1. The zero-order valence-electron chi connectivity index (χ0n) is 37.7. The summed E-state index contributed by atoms with van der Waals surface area (Å²) in [5, 5.41) is 14.0. The second kappa shape index (κ2) is 19.3. The van der Waals surface area contributed by atoms with Gasteiger partial charge in [0.1, 0.15) is 17.1 Å². The highest BCUT2D eigenvalue weighted by molar-refractivity contribution is 7.99. The highest BCUT2D eigenvalue weighted by Gasteiger charge is 2.33. The number of rotatable bonds is 13. The van der Waals surface area contributed by atoms with Gasteiger partial charge >= 0.3 is 0 Å². The lowest BCUT2D eigenvalue weighted by Gasteiger charge is -2.39. The van der Waals surface area contributed by atoms with E-state index in [4.69, 9.17) is 16.3 Å². The van der Waals surface area contributed by atoms with E-state index in [0.717, 1.165) is 119 Å². The van der Waals surface area contributed by atoms with Crippen LogP contribution in [-0.4, -0.2) is 122 Å². The van der Waals surface area contributed by atoms with E-state index in [1.165, 1.54) is 34.5 Å². The van der Waals surface area contributed by atoms with E-state index < -0.39 is 20.9 Å². The van der Waals surface area contributed by atoms with Crippen LogP contribution in [0.1, 0.15) is 61.0 Å². The number of hydrogen-bond donors (Lipinski definition) is 2. The number of fused-ring (bicyclic) bond motifs is 2. The first-order valence-electron chi connectivity index (χ1n) is 22.8. The lowest BCUT2D eigenvalue weighted by atomic mass is 9.72. The Hall–Kier alpha value is -4.97. The van der Waals surface area contributed by atoms with Crippen LogP contribution in [0.25, 0.3) is 16.6 Å². The minimum atomic E-state index is -4.56. The number of pyridine rings is 1. The zero-order valence-corrected chi connectivity index (χ0v) is 40.1. The van der Waals surface area contributed by atoms with Crippen molar-refractivity contribution in [2.24, 2.45) is 11.3 Å². The highest BCUT2D eigenvalue weighted by atomic mass is 35.5. The van der Waals surface area contributed by atoms with Gasteiger partial charge in [0.2, 0.25) is 0 Å². The van der Waals surface area contributed by atoms with Gasteiger partial charge in [-0.2, -0.15) is 0 Å². The van der Waals surface area contributed by atoms with Gasteiger partial charge in [-0.1, -0.05) is 43.2 Å². The van der Waals surface area contributed by atoms with Crippen LogP contribution in [-0.2, 0) is 16.4 Å². The van der Waals surface area contributed by atoms with E-state index in [1.54, 1.807) is 30.6 Å². The number of aromatic amines is 1. The molecular formula is C49H57ClN8O6S2. The summed E-state index contributed by atoms with van der Waals surface area (Å²) in [7, 11) is -2.43. The Kier molecular flexibility index (Phi) is 13.5. The van der Waals surface area contributed by atoms with Gasteiger partial charge in [0.05, 0.1) is 21.6 Å². The maximum absolute atomic E-state index is 14.1. The monoisotopic (exact) mass is 952 g/mol. The van der Waals surface area contributed by atoms with Crippen molar-refractivity contribution in [2.45, 2.75) is 55.7 Å². The summed E-state index contributed by atoms with van der Waals surface area (Å²) in [5.74, 6) is 0.542. The van der Waals surface area contributed by atoms with Crippen LogP contribution < -0.4 is 14.4 Å². The first-order chi connectivity index (χ1) is 31.7. The molecule has 348 valence electrons. The standard InChI is InChI=1S/C49H57ClN8O6S2/c1-49(2)13-10-36(43(29-49)34-4-6-37(50)7-5-34)31-56-20-22-57(23-21-56)38-8-9-41(45(26-38)64-39-25-35-11-14-51-47(35)52-30-39)48(59)53-66(62,63)40-27-44(58(60)61)42-24-33(32-65-46(42)28-40)12-15-55-18-16-54(3)17-19-55/h4-9,11,14,25-28,30,33H,10,12-13,15-24,29,31-32H2,1-3H3,(H,51,52)(H,53,59)/t33-/m1/s1. The van der Waals surface area contributed by atoms with Crippen molar-refractivity contribution in [2.75, 3.05) is 83.1 Å². The predicted molar refractivity (Wildman–Crippen MR) is 261 cm³/mol. The molecule has 17 heteroatoms. The van der Waals surface area contributed by atoms with Crippen LogP contribution in [0.4, 0.5) is 11.4 Å². The normalized spacial score (nSPS) is 19.8. The fourth-order valence-corrected chi connectivity index (χ4v) is 12.1. The number of likely N-dealkylation sites (N-methyl/N-ethyl adjacent to an activating group) is 1. The van der Waals surface area contributed by atoms with Gasteiger partial charge in [-0.25, -0.2) is 18.1 Å². The second-order valence-corrected chi connectivity index (χ2v) is 22.2. The van der Waals surface area contributed by atoms with Gasteiger partial charge < -0.3 is 24.4 Å². The van der Waals surface area contributed by atoms with Crippen LogP contribution in [0.15, 0.2) is 94.5 Å². The van der Waals surface area contributed by atoms with E-state index in [-0.39, 0.29) is 33.2 Å². The molecule has 1 atom stereocenters. The van der Waals surface area contributed by atoms with Gasteiger partial charge in [-0.05, 0) is 111 Å². The molecule has 5 heterocycles. The molecule has 0 unspecified atom stereocenters. The molecule has 0 bridgehead atoms. The fraction of sp³-hybridized carbons (Fsp3) is 0.429. The van der Waals surface area contributed by atoms with Crippen molar-refractivity contribution in [3.05, 3.63) is 117 Å². The van der Waals surface area contributed by atoms with Crippen molar-refractivity contribution >= 4 is 67.3 Å². The highest BCUT2D eigenvalue weighted by Crippen LogP contribution is 2.44. The quantitative estimate of drug-likeness (QED) is 0.0856. The summed E-state index contributed by atoms with van der Waals surface area (Å²) in [4.78, 5) is 43.3. The zero-order chi connectivity index (χ0) is 46.2. The number of nitrogens with one attached hydrogen (secondary N) is 2. The lowest BCUT2D eigenvalue weighted by molar-refractivity contribution is -0.386. The molecule has 66 heavy (non-hydrogen) atoms. The number of nitro groups is 1. The maximum Gasteiger partial charge on any atom is 0.275 e. The Labute approximate surface area is 395 Å². The lowest BCUT2D eigenvalue weighted by Crippen LogP contribution is -2.47. The van der Waals surface area contributed by atoms with Crippen molar-refractivity contribution in [1.82, 2.24) is 29.4 Å². The molecule has 4 aliphatic rings. The summed E-state index contributed by atoms with van der Waals surface area (Å²) in [6.07, 6.45) is 7.92. The van der Waals surface area contributed by atoms with Crippen LogP contribution >= 0.6 is 23.4 Å². The Balaban J connectivity index is 0.922. The number of benzene rings is 3. The molecule has 2 N–H and O–H groups in total. The van der Waals surface area contributed by atoms with Gasteiger partial charge in [-0.15, -0.1) is 11.8 Å². The molecule has 9 rings (SSSR count). The summed E-state index contributed by atoms with van der Waals surface area (Å²) in [6, 6.07) is 19.5. The minimum absolute atomic E-state index is 0.0120. The second-order valence-electron chi connectivity index (χ2n) is 19.0. The molecule has 3 aliphatic heterocycles. The average Bonchev–Trinajstić information content (AvgIpc) is 3.77. The van der Waals surface area contributed by atoms with E-state index in [0.29, 0.717) is 28.3 Å². The fourth-order valence-electron chi connectivity index (χ4n) is 9.65. The van der Waals surface area contributed by atoms with E-state index >= 15 is 0 Å². The van der Waals surface area contributed by atoms with Crippen molar-refractivity contribution in [3.63, 3.8) is 0 Å². The third kappa shape index (κ3) is 10.6. The number of piperazine rings is 2. The SMILES string of the molecule is CN1CCN(CC[C@H]2CSc3cc(S(=O)(=O)NC(=O)c4ccc(N5CCN(CC6=C(c7ccc(Cl)cc7)CC(C)(C)CC6)CC5)cc4Oc4cnc5[nH]ccc5c4)cc([N+](=O)[O-])c3C2)CC1. The predicted octanol–water partition coefficient (Wildman–Crippen LogP) is 8.72. The first-order valence-corrected chi connectivity index (χ1v) is 25.6. The molecular weight excluding hydrogens is 896 g/mol. The number of nitro benzene ring substituents is 1. The molecule has 2 saturated heterocycles. The van der Waals surface area contributed by atoms with E-state index in [1.807, 2.05) is 24.3 Å². The molecule has 1 aliphatic carbocycles. The third-order valence-corrected chi connectivity index (χ3v) is 16.5. The molecule has 14 nitrogen and oxygen atoms in total. The number of amides is 1. The van der Waals surface area contributed by atoms with Gasteiger partial charge in [0.25, 0.3) is 21.6 Å². The number of halogens is 1. The first kappa shape index (κ1) is 46.2. The van der Waals surface area contributed by atoms with E-state index in [2.05, 4.69) is 67.3 Å². The van der Waals surface area contributed by atoms with Crippen LogP contribution in [0, 0.1) is 21.4 Å². The Morgan fingerprint density at radius 3 is 2.52 bits per heavy atom. The van der Waals surface area contributed by atoms with Crippen molar-refractivity contribution in [3.8, 4) is 11.5 Å². The van der Waals surface area contributed by atoms with Crippen LogP contribution in [0.5, 0.6) is 11.5 Å². The molecule has 0 saturated carbocycles. The largest absolute Gasteiger partial charge is 0.455 e. The Morgan fingerprint density at radius 2 is 1.76 bits per heavy atom. The summed E-state index contributed by atoms with van der Waals surface area (Å²) in [6.45, 7) is 13.7. The number of sulfonamides is 1. The molecule has 2 aromatic heterocycles. The average molecular weight is 954 g/mol. The molecule has 3 aromatic carbocycles. The van der Waals surface area contributed by atoms with Crippen molar-refractivity contribution in [1.29, 1.82) is 0 Å². The topological polar surface area (TPSA) is 157 Å². The summed E-state index contributed by atoms with van der Waals surface area (Å²) in [5.41, 5.74) is 6.13. The molecule has 1 amide bonds. The minimum Gasteiger partial charge on any atom is -0.455 e. The van der Waals surface area contributed by atoms with Gasteiger partial charge in [0.15, 0.2) is 0 Å². The van der Waals surface area contributed by atoms with E-state index in [9.17, 15) is 23.3 Å². The number of nitrogens with zero attached hydrogens (tertiary/aromatic N) is 6. The van der Waals surface area contributed by atoms with Crippen LogP contribution in [0.2, 0.25) is 5.02 Å². The number of ether oxygens (including phenoxy) is 1. The number of anilines is 1. The van der Waals surface area contributed by atoms with Crippen LogP contribution in [0.3, 0.4) is 0 Å². The smallest absolute Gasteiger partial charge is 0.275 e. The molecule has 0 radical (unpaired) electrons. The maximum atomic E-state index is 14.1. The molecule has 2 fully saturated rings. The number of aromatic nitrogens is 2. The Morgan fingerprint density at radius 1 is 1.00 bits per heavy atom. The number of carbonyl (C=O) groups is 1. The summed E-state index contributed by atoms with van der Waals surface area (Å²) < 4.78 is 36.6. The number of thioether (sulfide) groups is 1. The molecule has 0 spiro atoms. The number of carbonyl (C=O) groups excluding carboxylic acids is 1. The number of H-pyrrole nitrogens is 1.